The molecule has 2 amide bonds. The summed E-state index contributed by atoms with van der Waals surface area (Å²) in [5.41, 5.74) is 9.33. The number of rotatable bonds is 6. The number of benzene rings is 2. The lowest BCUT2D eigenvalue weighted by Crippen LogP contribution is -2.37. The third-order valence-electron chi connectivity index (χ3n) is 5.16. The number of hydrogen-bond acceptors (Lipinski definition) is 6. The maximum absolute atomic E-state index is 12.5. The molecule has 4 N–H and O–H groups in total. The zero-order valence-corrected chi connectivity index (χ0v) is 16.9. The average Bonchev–Trinajstić information content (AvgIpc) is 3.46. The Kier molecular flexibility index (Phi) is 6.07. The summed E-state index contributed by atoms with van der Waals surface area (Å²) in [5.74, 6) is -0.217. The smallest absolute Gasteiger partial charge is 0.407 e. The molecule has 0 saturated carbocycles. The van der Waals surface area contributed by atoms with E-state index >= 15 is 0 Å². The number of nitrogens with one attached hydrogen (secondary N) is 2. The third-order valence-corrected chi connectivity index (χ3v) is 5.16. The molecule has 8 heteroatoms. The molecule has 1 aromatic heterocycles. The highest BCUT2D eigenvalue weighted by Crippen LogP contribution is 2.22. The van der Waals surface area contributed by atoms with Gasteiger partial charge in [0.25, 0.3) is 5.91 Å². The van der Waals surface area contributed by atoms with Gasteiger partial charge >= 0.3 is 6.09 Å². The number of amides is 2. The molecule has 2 heterocycles. The van der Waals surface area contributed by atoms with Crippen LogP contribution >= 0.6 is 0 Å². The second-order valence-corrected chi connectivity index (χ2v) is 7.37. The number of carbonyl (C=O) groups is 2. The SMILES string of the molecule is Nc1ccccc1NC(=O)c1ccc(N2CCC(NC(=O)OCc3ccoc3)C2)cc1. The highest BCUT2D eigenvalue weighted by atomic mass is 16.5. The molecule has 1 atom stereocenters. The van der Waals surface area contributed by atoms with Crippen LogP contribution < -0.4 is 21.3 Å². The summed E-state index contributed by atoms with van der Waals surface area (Å²) in [6.45, 7) is 1.66. The Morgan fingerprint density at radius 3 is 2.68 bits per heavy atom. The first kappa shape index (κ1) is 20.3. The fraction of sp³-hybridized carbons (Fsp3) is 0.217. The number of nitrogens with two attached hydrogens (primary N) is 1. The molecule has 3 aromatic rings. The van der Waals surface area contributed by atoms with Gasteiger partial charge in [-0.05, 0) is 48.9 Å². The number of alkyl carbamates (subject to hydrolysis) is 1. The zero-order chi connectivity index (χ0) is 21.6. The number of anilines is 3. The molecular formula is C23H24N4O4. The first-order valence-corrected chi connectivity index (χ1v) is 10.0. The summed E-state index contributed by atoms with van der Waals surface area (Å²) in [4.78, 5) is 26.6. The summed E-state index contributed by atoms with van der Waals surface area (Å²) < 4.78 is 10.2. The predicted octanol–water partition coefficient (Wildman–Crippen LogP) is 3.62. The first-order valence-electron chi connectivity index (χ1n) is 10.0. The largest absolute Gasteiger partial charge is 0.472 e. The number of ether oxygens (including phenoxy) is 1. The van der Waals surface area contributed by atoms with E-state index in [1.54, 1.807) is 36.6 Å². The van der Waals surface area contributed by atoms with Crippen LogP contribution in [-0.4, -0.2) is 31.1 Å². The van der Waals surface area contributed by atoms with E-state index in [0.29, 0.717) is 23.5 Å². The van der Waals surface area contributed by atoms with E-state index in [2.05, 4.69) is 15.5 Å². The van der Waals surface area contributed by atoms with E-state index in [-0.39, 0.29) is 18.6 Å². The number of nitrogen functional groups attached to an aromatic ring is 1. The molecule has 0 bridgehead atoms. The number of para-hydroxylation sites is 2. The summed E-state index contributed by atoms with van der Waals surface area (Å²) in [6, 6.07) is 16.3. The monoisotopic (exact) mass is 420 g/mol. The summed E-state index contributed by atoms with van der Waals surface area (Å²) in [7, 11) is 0. The molecule has 31 heavy (non-hydrogen) atoms. The standard InChI is InChI=1S/C23H24N4O4/c24-20-3-1-2-4-21(20)26-22(28)17-5-7-19(8-6-17)27-11-9-18(13-27)25-23(29)31-15-16-10-12-30-14-16/h1-8,10,12,14,18H,9,11,13,15,24H2,(H,25,29)(H,26,28). The van der Waals surface area contributed by atoms with Crippen molar-refractivity contribution in [2.75, 3.05) is 29.0 Å². The highest BCUT2D eigenvalue weighted by molar-refractivity contribution is 6.05. The molecule has 2 aromatic carbocycles. The van der Waals surface area contributed by atoms with E-state index in [0.717, 1.165) is 24.2 Å². The number of nitrogens with zero attached hydrogens (tertiary/aromatic N) is 1. The lowest BCUT2D eigenvalue weighted by molar-refractivity contribution is 0.102. The molecule has 0 aliphatic carbocycles. The molecule has 0 radical (unpaired) electrons. The quantitative estimate of drug-likeness (QED) is 0.526. The van der Waals surface area contributed by atoms with E-state index in [9.17, 15) is 9.59 Å². The Labute approximate surface area is 180 Å². The van der Waals surface area contributed by atoms with Gasteiger partial charge in [-0.15, -0.1) is 0 Å². The van der Waals surface area contributed by atoms with E-state index in [1.165, 1.54) is 6.26 Å². The van der Waals surface area contributed by atoms with Crippen LogP contribution in [0.1, 0.15) is 22.3 Å². The van der Waals surface area contributed by atoms with Crippen LogP contribution in [0.5, 0.6) is 0 Å². The molecular weight excluding hydrogens is 396 g/mol. The van der Waals surface area contributed by atoms with Crippen molar-refractivity contribution in [1.29, 1.82) is 0 Å². The fourth-order valence-corrected chi connectivity index (χ4v) is 3.47. The zero-order valence-electron chi connectivity index (χ0n) is 16.9. The van der Waals surface area contributed by atoms with Crippen molar-refractivity contribution in [3.8, 4) is 0 Å². The molecule has 1 saturated heterocycles. The van der Waals surface area contributed by atoms with Crippen LogP contribution in [0, 0.1) is 0 Å². The second kappa shape index (κ2) is 9.25. The lowest BCUT2D eigenvalue weighted by Gasteiger charge is -2.19. The molecule has 8 nitrogen and oxygen atoms in total. The van der Waals surface area contributed by atoms with Crippen LogP contribution in [0.25, 0.3) is 0 Å². The summed E-state index contributed by atoms with van der Waals surface area (Å²) in [5, 5.41) is 5.72. The maximum atomic E-state index is 12.5. The molecule has 1 aliphatic heterocycles. The molecule has 4 rings (SSSR count). The van der Waals surface area contributed by atoms with E-state index < -0.39 is 6.09 Å². The minimum Gasteiger partial charge on any atom is -0.472 e. The fourth-order valence-electron chi connectivity index (χ4n) is 3.47. The Bertz CT molecular complexity index is 1030. The number of furan rings is 1. The maximum Gasteiger partial charge on any atom is 0.407 e. The second-order valence-electron chi connectivity index (χ2n) is 7.37. The predicted molar refractivity (Wildman–Crippen MR) is 118 cm³/mol. The lowest BCUT2D eigenvalue weighted by atomic mass is 10.1. The van der Waals surface area contributed by atoms with Crippen molar-refractivity contribution in [1.82, 2.24) is 5.32 Å². The van der Waals surface area contributed by atoms with Crippen molar-refractivity contribution in [3.05, 3.63) is 78.3 Å². The third kappa shape index (κ3) is 5.16. The minimum atomic E-state index is -0.444. The van der Waals surface area contributed by atoms with Crippen molar-refractivity contribution in [3.63, 3.8) is 0 Å². The van der Waals surface area contributed by atoms with Gasteiger partial charge in [0, 0.05) is 29.9 Å². The molecule has 0 spiro atoms. The van der Waals surface area contributed by atoms with Gasteiger partial charge in [-0.2, -0.15) is 0 Å². The van der Waals surface area contributed by atoms with Crippen molar-refractivity contribution in [2.24, 2.45) is 0 Å². The molecule has 1 aliphatic rings. The minimum absolute atomic E-state index is 0.000815. The number of hydrogen-bond donors (Lipinski definition) is 3. The van der Waals surface area contributed by atoms with E-state index in [1.807, 2.05) is 24.3 Å². The van der Waals surface area contributed by atoms with Gasteiger partial charge in [-0.1, -0.05) is 12.1 Å². The van der Waals surface area contributed by atoms with Crippen LogP contribution in [-0.2, 0) is 11.3 Å². The first-order chi connectivity index (χ1) is 15.1. The summed E-state index contributed by atoms with van der Waals surface area (Å²) in [6.07, 6.45) is 3.46. The Balaban J connectivity index is 1.28. The Morgan fingerprint density at radius 1 is 1.13 bits per heavy atom. The van der Waals surface area contributed by atoms with Gasteiger partial charge in [-0.3, -0.25) is 4.79 Å². The van der Waals surface area contributed by atoms with Crippen LogP contribution in [0.2, 0.25) is 0 Å². The highest BCUT2D eigenvalue weighted by Gasteiger charge is 2.24. The summed E-state index contributed by atoms with van der Waals surface area (Å²) >= 11 is 0. The van der Waals surface area contributed by atoms with Crippen LogP contribution in [0.15, 0.2) is 71.5 Å². The normalized spacial score (nSPS) is 15.5. The van der Waals surface area contributed by atoms with Crippen LogP contribution in [0.4, 0.5) is 21.9 Å². The van der Waals surface area contributed by atoms with Gasteiger partial charge in [0.2, 0.25) is 0 Å². The van der Waals surface area contributed by atoms with Crippen molar-refractivity contribution >= 4 is 29.1 Å². The number of carbonyl (C=O) groups excluding carboxylic acids is 2. The Morgan fingerprint density at radius 2 is 1.94 bits per heavy atom. The topological polar surface area (TPSA) is 110 Å². The van der Waals surface area contributed by atoms with Gasteiger partial charge in [0.05, 0.1) is 29.9 Å². The average molecular weight is 420 g/mol. The van der Waals surface area contributed by atoms with Gasteiger partial charge in [0.1, 0.15) is 6.61 Å². The van der Waals surface area contributed by atoms with Crippen molar-refractivity contribution in [2.45, 2.75) is 19.1 Å². The van der Waals surface area contributed by atoms with Gasteiger partial charge in [0.15, 0.2) is 0 Å². The van der Waals surface area contributed by atoms with Gasteiger partial charge in [-0.25, -0.2) is 4.79 Å². The van der Waals surface area contributed by atoms with Crippen LogP contribution in [0.3, 0.4) is 0 Å². The molecule has 160 valence electrons. The molecule has 1 unspecified atom stereocenters. The molecule has 1 fully saturated rings. The Hall–Kier alpha value is -3.94. The van der Waals surface area contributed by atoms with E-state index in [4.69, 9.17) is 14.9 Å². The van der Waals surface area contributed by atoms with Crippen molar-refractivity contribution < 1.29 is 18.7 Å². The van der Waals surface area contributed by atoms with Gasteiger partial charge < -0.3 is 30.4 Å².